The lowest BCUT2D eigenvalue weighted by Crippen LogP contribution is -2.16. The lowest BCUT2D eigenvalue weighted by Gasteiger charge is -2.24. The van der Waals surface area contributed by atoms with E-state index in [1.807, 2.05) is 0 Å². The molecular formula is C18H19Br. The topological polar surface area (TPSA) is 0 Å². The van der Waals surface area contributed by atoms with Crippen molar-refractivity contribution in [1.82, 2.24) is 0 Å². The van der Waals surface area contributed by atoms with Gasteiger partial charge in [0.25, 0.3) is 0 Å². The molecule has 2 aromatic rings. The number of rotatable bonds is 0. The number of benzene rings is 2. The first-order valence-corrected chi connectivity index (χ1v) is 7.54. The average molecular weight is 315 g/mol. The van der Waals surface area contributed by atoms with E-state index in [9.17, 15) is 0 Å². The molecule has 0 fully saturated rings. The SMILES string of the molecule is Cc1cc(C)c2c(c1)-c1c(Br)cc(C)cc1C2(C)C. The Labute approximate surface area is 124 Å². The molecule has 2 aromatic carbocycles. The Kier molecular flexibility index (Phi) is 2.69. The summed E-state index contributed by atoms with van der Waals surface area (Å²) in [5.74, 6) is 0. The van der Waals surface area contributed by atoms with Gasteiger partial charge in [0.15, 0.2) is 0 Å². The zero-order valence-corrected chi connectivity index (χ0v) is 13.8. The van der Waals surface area contributed by atoms with Crippen LogP contribution in [0.3, 0.4) is 0 Å². The largest absolute Gasteiger partial charge is 0.0560 e. The third-order valence-electron chi connectivity index (χ3n) is 4.28. The minimum atomic E-state index is 0.0942. The first kappa shape index (κ1) is 12.9. The second-order valence-electron chi connectivity index (χ2n) is 6.30. The van der Waals surface area contributed by atoms with Crippen LogP contribution in [0.5, 0.6) is 0 Å². The maximum atomic E-state index is 3.77. The summed E-state index contributed by atoms with van der Waals surface area (Å²) < 4.78 is 1.22. The Hall–Kier alpha value is -1.08. The van der Waals surface area contributed by atoms with Gasteiger partial charge in [-0.05, 0) is 54.7 Å². The molecule has 1 aliphatic carbocycles. The fraction of sp³-hybridized carbons (Fsp3) is 0.333. The molecule has 0 unspecified atom stereocenters. The van der Waals surface area contributed by atoms with Gasteiger partial charge >= 0.3 is 0 Å². The number of hydrogen-bond acceptors (Lipinski definition) is 0. The molecule has 0 atom stereocenters. The Morgan fingerprint density at radius 1 is 0.895 bits per heavy atom. The molecule has 1 heteroatoms. The maximum Gasteiger partial charge on any atom is 0.0259 e. The molecule has 0 amide bonds. The van der Waals surface area contributed by atoms with E-state index in [0.717, 1.165) is 0 Å². The molecule has 0 bridgehead atoms. The third-order valence-corrected chi connectivity index (χ3v) is 4.91. The van der Waals surface area contributed by atoms with Crippen molar-refractivity contribution in [3.05, 3.63) is 56.6 Å². The quantitative estimate of drug-likeness (QED) is 0.586. The fourth-order valence-corrected chi connectivity index (χ4v) is 4.43. The number of aryl methyl sites for hydroxylation is 3. The first-order chi connectivity index (χ1) is 8.82. The van der Waals surface area contributed by atoms with Gasteiger partial charge < -0.3 is 0 Å². The Bertz CT molecular complexity index is 693. The van der Waals surface area contributed by atoms with Crippen molar-refractivity contribution < 1.29 is 0 Å². The smallest absolute Gasteiger partial charge is 0.0259 e. The van der Waals surface area contributed by atoms with Crippen molar-refractivity contribution in [3.63, 3.8) is 0 Å². The van der Waals surface area contributed by atoms with Crippen LogP contribution in [0, 0.1) is 20.8 Å². The van der Waals surface area contributed by atoms with Crippen molar-refractivity contribution in [2.24, 2.45) is 0 Å². The summed E-state index contributed by atoms with van der Waals surface area (Å²) in [5, 5.41) is 0. The molecule has 0 heterocycles. The van der Waals surface area contributed by atoms with Gasteiger partial charge in [-0.1, -0.05) is 53.5 Å². The summed E-state index contributed by atoms with van der Waals surface area (Å²) in [6.45, 7) is 11.3. The van der Waals surface area contributed by atoms with E-state index >= 15 is 0 Å². The molecule has 0 radical (unpaired) electrons. The van der Waals surface area contributed by atoms with Gasteiger partial charge in [0.1, 0.15) is 0 Å². The number of hydrogen-bond donors (Lipinski definition) is 0. The van der Waals surface area contributed by atoms with Crippen LogP contribution in [-0.2, 0) is 5.41 Å². The molecule has 0 saturated heterocycles. The van der Waals surface area contributed by atoms with Gasteiger partial charge in [-0.3, -0.25) is 0 Å². The molecule has 1 aliphatic rings. The van der Waals surface area contributed by atoms with E-state index in [4.69, 9.17) is 0 Å². The van der Waals surface area contributed by atoms with E-state index in [0.29, 0.717) is 0 Å². The molecular weight excluding hydrogens is 296 g/mol. The highest BCUT2D eigenvalue weighted by atomic mass is 79.9. The third kappa shape index (κ3) is 1.71. The highest BCUT2D eigenvalue weighted by Gasteiger charge is 2.37. The predicted octanol–water partition coefficient (Wildman–Crippen LogP) is 5.68. The summed E-state index contributed by atoms with van der Waals surface area (Å²) in [6.07, 6.45) is 0. The van der Waals surface area contributed by atoms with E-state index < -0.39 is 0 Å². The van der Waals surface area contributed by atoms with Gasteiger partial charge in [-0.15, -0.1) is 0 Å². The molecule has 0 nitrogen and oxygen atoms in total. The highest BCUT2D eigenvalue weighted by molar-refractivity contribution is 9.10. The van der Waals surface area contributed by atoms with E-state index in [2.05, 4.69) is 74.8 Å². The Balaban J connectivity index is 2.47. The Morgan fingerprint density at radius 3 is 2.21 bits per heavy atom. The normalized spacial score (nSPS) is 15.3. The van der Waals surface area contributed by atoms with Crippen molar-refractivity contribution in [1.29, 1.82) is 0 Å². The molecule has 0 N–H and O–H groups in total. The van der Waals surface area contributed by atoms with Gasteiger partial charge in [-0.2, -0.15) is 0 Å². The maximum absolute atomic E-state index is 3.77. The number of fused-ring (bicyclic) bond motifs is 3. The minimum absolute atomic E-state index is 0.0942. The van der Waals surface area contributed by atoms with E-state index in [1.54, 1.807) is 0 Å². The predicted molar refractivity (Wildman–Crippen MR) is 85.9 cm³/mol. The van der Waals surface area contributed by atoms with Crippen molar-refractivity contribution in [3.8, 4) is 11.1 Å². The van der Waals surface area contributed by atoms with E-state index in [-0.39, 0.29) is 5.41 Å². The summed E-state index contributed by atoms with van der Waals surface area (Å²) in [6, 6.07) is 9.19. The zero-order chi connectivity index (χ0) is 13.9. The molecule has 19 heavy (non-hydrogen) atoms. The molecule has 0 spiro atoms. The van der Waals surface area contributed by atoms with Gasteiger partial charge in [-0.25, -0.2) is 0 Å². The van der Waals surface area contributed by atoms with Crippen molar-refractivity contribution >= 4 is 15.9 Å². The van der Waals surface area contributed by atoms with Gasteiger partial charge in [0.2, 0.25) is 0 Å². The average Bonchev–Trinajstić information content (AvgIpc) is 2.47. The van der Waals surface area contributed by atoms with Crippen LogP contribution >= 0.6 is 15.9 Å². The molecule has 3 rings (SSSR count). The second-order valence-corrected chi connectivity index (χ2v) is 7.15. The molecule has 0 saturated carbocycles. The summed E-state index contributed by atoms with van der Waals surface area (Å²) >= 11 is 3.77. The van der Waals surface area contributed by atoms with E-state index in [1.165, 1.54) is 43.4 Å². The summed E-state index contributed by atoms with van der Waals surface area (Å²) in [7, 11) is 0. The Morgan fingerprint density at radius 2 is 1.53 bits per heavy atom. The van der Waals surface area contributed by atoms with Crippen molar-refractivity contribution in [2.75, 3.05) is 0 Å². The minimum Gasteiger partial charge on any atom is -0.0560 e. The lowest BCUT2D eigenvalue weighted by molar-refractivity contribution is 0.654. The van der Waals surface area contributed by atoms with Gasteiger partial charge in [0.05, 0.1) is 0 Å². The molecule has 0 aliphatic heterocycles. The zero-order valence-electron chi connectivity index (χ0n) is 12.2. The molecule has 0 aromatic heterocycles. The molecule has 98 valence electrons. The standard InChI is InChI=1S/C18H19Br/c1-10-6-12(3)17-13(7-10)16-14(18(17,4)5)8-11(2)9-15(16)19/h6-9H,1-5H3. The monoisotopic (exact) mass is 314 g/mol. The second kappa shape index (κ2) is 3.96. The fourth-order valence-electron chi connectivity index (χ4n) is 3.64. The number of halogens is 1. The van der Waals surface area contributed by atoms with Crippen LogP contribution in [0.2, 0.25) is 0 Å². The van der Waals surface area contributed by atoms with Crippen molar-refractivity contribution in [2.45, 2.75) is 40.0 Å². The van der Waals surface area contributed by atoms with Gasteiger partial charge in [0, 0.05) is 15.5 Å². The summed E-state index contributed by atoms with van der Waals surface area (Å²) in [5.41, 5.74) is 9.88. The first-order valence-electron chi connectivity index (χ1n) is 6.75. The van der Waals surface area contributed by atoms with Crippen LogP contribution in [0.15, 0.2) is 28.7 Å². The van der Waals surface area contributed by atoms with Crippen LogP contribution in [0.4, 0.5) is 0 Å². The van der Waals surface area contributed by atoms with Crippen LogP contribution < -0.4 is 0 Å². The summed E-state index contributed by atoms with van der Waals surface area (Å²) in [4.78, 5) is 0. The van der Waals surface area contributed by atoms with Crippen LogP contribution in [0.25, 0.3) is 11.1 Å². The highest BCUT2D eigenvalue weighted by Crippen LogP contribution is 2.52. The lowest BCUT2D eigenvalue weighted by atomic mass is 9.80. The van der Waals surface area contributed by atoms with Crippen LogP contribution in [0.1, 0.15) is 41.7 Å². The van der Waals surface area contributed by atoms with Crippen LogP contribution in [-0.4, -0.2) is 0 Å².